The molecule has 1 fully saturated rings. The standard InChI is InChI=1S/C14H20ClN/c1-3-14(16-13-8-10(2)9-13)11-4-6-12(15)7-5-11/h4-7,10,13-14,16H,3,8-9H2,1-2H3. The van der Waals surface area contributed by atoms with E-state index < -0.39 is 0 Å². The van der Waals surface area contributed by atoms with Crippen molar-refractivity contribution in [1.29, 1.82) is 0 Å². The van der Waals surface area contributed by atoms with Gasteiger partial charge in [0.05, 0.1) is 0 Å². The summed E-state index contributed by atoms with van der Waals surface area (Å²) in [5.74, 6) is 0.903. The number of rotatable bonds is 4. The molecule has 1 atom stereocenters. The van der Waals surface area contributed by atoms with Crippen LogP contribution in [0.2, 0.25) is 5.02 Å². The van der Waals surface area contributed by atoms with E-state index in [4.69, 9.17) is 11.6 Å². The maximum atomic E-state index is 5.90. The highest BCUT2D eigenvalue weighted by Crippen LogP contribution is 2.29. The maximum absolute atomic E-state index is 5.90. The number of nitrogens with one attached hydrogen (secondary N) is 1. The molecule has 2 rings (SSSR count). The predicted octanol–water partition coefficient (Wildman–Crippen LogP) is 4.18. The summed E-state index contributed by atoms with van der Waals surface area (Å²) in [6, 6.07) is 9.41. The van der Waals surface area contributed by atoms with Gasteiger partial charge < -0.3 is 5.32 Å². The van der Waals surface area contributed by atoms with E-state index in [9.17, 15) is 0 Å². The maximum Gasteiger partial charge on any atom is 0.0406 e. The highest BCUT2D eigenvalue weighted by Gasteiger charge is 2.27. The molecule has 0 heterocycles. The van der Waals surface area contributed by atoms with Crippen molar-refractivity contribution in [1.82, 2.24) is 5.32 Å². The van der Waals surface area contributed by atoms with E-state index in [-0.39, 0.29) is 0 Å². The van der Waals surface area contributed by atoms with Crippen molar-refractivity contribution in [3.05, 3.63) is 34.9 Å². The molecule has 1 aromatic rings. The monoisotopic (exact) mass is 237 g/mol. The fourth-order valence-corrected chi connectivity index (χ4v) is 2.59. The minimum absolute atomic E-state index is 0.481. The van der Waals surface area contributed by atoms with Gasteiger partial charge in [-0.1, -0.05) is 37.6 Å². The van der Waals surface area contributed by atoms with Crippen molar-refractivity contribution >= 4 is 11.6 Å². The van der Waals surface area contributed by atoms with E-state index in [2.05, 4.69) is 31.3 Å². The van der Waals surface area contributed by atoms with Crippen molar-refractivity contribution in [2.75, 3.05) is 0 Å². The quantitative estimate of drug-likeness (QED) is 0.829. The third kappa shape index (κ3) is 2.78. The minimum atomic E-state index is 0.481. The van der Waals surface area contributed by atoms with E-state index in [1.54, 1.807) is 0 Å². The summed E-state index contributed by atoms with van der Waals surface area (Å²) in [5, 5.41) is 4.54. The molecule has 2 heteroatoms. The van der Waals surface area contributed by atoms with E-state index >= 15 is 0 Å². The first-order valence-electron chi connectivity index (χ1n) is 6.20. The van der Waals surface area contributed by atoms with Gasteiger partial charge in [-0.25, -0.2) is 0 Å². The normalized spacial score (nSPS) is 26.2. The molecule has 0 saturated heterocycles. The summed E-state index contributed by atoms with van der Waals surface area (Å²) in [5.41, 5.74) is 1.35. The topological polar surface area (TPSA) is 12.0 Å². The number of benzene rings is 1. The van der Waals surface area contributed by atoms with Gasteiger partial charge in [0.15, 0.2) is 0 Å². The average Bonchev–Trinajstić information content (AvgIpc) is 2.24. The molecule has 1 saturated carbocycles. The van der Waals surface area contributed by atoms with Crippen LogP contribution in [0.5, 0.6) is 0 Å². The average molecular weight is 238 g/mol. The first kappa shape index (κ1) is 11.9. The molecule has 0 amide bonds. The molecule has 1 aliphatic carbocycles. The van der Waals surface area contributed by atoms with Gasteiger partial charge in [-0.2, -0.15) is 0 Å². The molecule has 0 bridgehead atoms. The molecule has 88 valence electrons. The molecule has 1 aromatic carbocycles. The zero-order valence-corrected chi connectivity index (χ0v) is 10.8. The predicted molar refractivity (Wildman–Crippen MR) is 69.8 cm³/mol. The lowest BCUT2D eigenvalue weighted by atomic mass is 9.81. The van der Waals surface area contributed by atoms with Crippen molar-refractivity contribution in [3.63, 3.8) is 0 Å². The zero-order valence-electron chi connectivity index (χ0n) is 10.0. The molecule has 1 nitrogen and oxygen atoms in total. The van der Waals surface area contributed by atoms with Gasteiger partial charge in [0.2, 0.25) is 0 Å². The van der Waals surface area contributed by atoms with Gasteiger partial charge in [0.25, 0.3) is 0 Å². The second kappa shape index (κ2) is 5.20. The van der Waals surface area contributed by atoms with E-state index in [0.29, 0.717) is 6.04 Å². The Balaban J connectivity index is 1.96. The molecular formula is C14H20ClN. The van der Waals surface area contributed by atoms with Gasteiger partial charge >= 0.3 is 0 Å². The van der Waals surface area contributed by atoms with Crippen LogP contribution in [0.3, 0.4) is 0 Å². The van der Waals surface area contributed by atoms with Crippen LogP contribution in [0.4, 0.5) is 0 Å². The van der Waals surface area contributed by atoms with Crippen LogP contribution >= 0.6 is 11.6 Å². The SMILES string of the molecule is CCC(NC1CC(C)C1)c1ccc(Cl)cc1. The van der Waals surface area contributed by atoms with Crippen LogP contribution < -0.4 is 5.32 Å². The van der Waals surface area contributed by atoms with Crippen molar-refractivity contribution < 1.29 is 0 Å². The Bertz CT molecular complexity index is 327. The van der Waals surface area contributed by atoms with Crippen LogP contribution in [0.15, 0.2) is 24.3 Å². The van der Waals surface area contributed by atoms with E-state index in [1.807, 2.05) is 12.1 Å². The van der Waals surface area contributed by atoms with Crippen molar-refractivity contribution in [2.24, 2.45) is 5.92 Å². The Morgan fingerprint density at radius 2 is 1.94 bits per heavy atom. The summed E-state index contributed by atoms with van der Waals surface area (Å²) in [7, 11) is 0. The molecule has 1 unspecified atom stereocenters. The smallest absolute Gasteiger partial charge is 0.0406 e. The fraction of sp³-hybridized carbons (Fsp3) is 0.571. The van der Waals surface area contributed by atoms with Gasteiger partial charge in [-0.3, -0.25) is 0 Å². The van der Waals surface area contributed by atoms with Gasteiger partial charge in [0, 0.05) is 17.1 Å². The van der Waals surface area contributed by atoms with Gasteiger partial charge in [-0.15, -0.1) is 0 Å². The lowest BCUT2D eigenvalue weighted by molar-refractivity contribution is 0.220. The third-order valence-corrected chi connectivity index (χ3v) is 3.74. The molecule has 0 aliphatic heterocycles. The summed E-state index contributed by atoms with van der Waals surface area (Å²) < 4.78 is 0. The van der Waals surface area contributed by atoms with Crippen LogP contribution in [-0.4, -0.2) is 6.04 Å². The fourth-order valence-electron chi connectivity index (χ4n) is 2.47. The Kier molecular flexibility index (Phi) is 3.88. The van der Waals surface area contributed by atoms with Crippen LogP contribution in [-0.2, 0) is 0 Å². The molecule has 0 aromatic heterocycles. The first-order valence-corrected chi connectivity index (χ1v) is 6.58. The number of hydrogen-bond acceptors (Lipinski definition) is 1. The summed E-state index contributed by atoms with van der Waals surface area (Å²) in [4.78, 5) is 0. The highest BCUT2D eigenvalue weighted by atomic mass is 35.5. The Morgan fingerprint density at radius 1 is 1.31 bits per heavy atom. The number of halogens is 1. The molecular weight excluding hydrogens is 218 g/mol. The summed E-state index contributed by atoms with van der Waals surface area (Å²) in [6.45, 7) is 4.55. The van der Waals surface area contributed by atoms with Gasteiger partial charge in [0.1, 0.15) is 0 Å². The summed E-state index contributed by atoms with van der Waals surface area (Å²) >= 11 is 5.90. The second-order valence-corrected chi connectivity index (χ2v) is 5.39. The Hall–Kier alpha value is -0.530. The van der Waals surface area contributed by atoms with E-state index in [0.717, 1.165) is 23.4 Å². The molecule has 0 radical (unpaired) electrons. The molecule has 1 N–H and O–H groups in total. The highest BCUT2D eigenvalue weighted by molar-refractivity contribution is 6.30. The van der Waals surface area contributed by atoms with Crippen LogP contribution in [0.1, 0.15) is 44.7 Å². The number of hydrogen-bond donors (Lipinski definition) is 1. The molecule has 1 aliphatic rings. The summed E-state index contributed by atoms with van der Waals surface area (Å²) in [6.07, 6.45) is 3.78. The second-order valence-electron chi connectivity index (χ2n) is 4.95. The van der Waals surface area contributed by atoms with Crippen LogP contribution in [0.25, 0.3) is 0 Å². The lowest BCUT2D eigenvalue weighted by Crippen LogP contribution is -2.41. The first-order chi connectivity index (χ1) is 7.69. The largest absolute Gasteiger partial charge is 0.307 e. The van der Waals surface area contributed by atoms with Crippen LogP contribution in [0, 0.1) is 5.92 Å². The molecule has 16 heavy (non-hydrogen) atoms. The van der Waals surface area contributed by atoms with E-state index in [1.165, 1.54) is 18.4 Å². The molecule has 0 spiro atoms. The minimum Gasteiger partial charge on any atom is -0.307 e. The Morgan fingerprint density at radius 3 is 2.44 bits per heavy atom. The van der Waals surface area contributed by atoms with Gasteiger partial charge in [-0.05, 0) is 42.9 Å². The third-order valence-electron chi connectivity index (χ3n) is 3.49. The van der Waals surface area contributed by atoms with Crippen molar-refractivity contribution in [3.8, 4) is 0 Å². The van der Waals surface area contributed by atoms with Crippen molar-refractivity contribution in [2.45, 2.75) is 45.2 Å². The lowest BCUT2D eigenvalue weighted by Gasteiger charge is -2.36. The Labute approximate surface area is 103 Å². The zero-order chi connectivity index (χ0) is 11.5.